The maximum atomic E-state index is 9.62. The third-order valence-electron chi connectivity index (χ3n) is 2.47. The van der Waals surface area contributed by atoms with Gasteiger partial charge in [0.15, 0.2) is 0 Å². The van der Waals surface area contributed by atoms with Crippen molar-refractivity contribution in [2.24, 2.45) is 16.8 Å². The molecule has 0 saturated heterocycles. The third-order valence-corrected chi connectivity index (χ3v) is 2.47. The Morgan fingerprint density at radius 3 is 2.79 bits per heavy atom. The minimum Gasteiger partial charge on any atom is -0.372 e. The van der Waals surface area contributed by atoms with E-state index in [-0.39, 0.29) is 0 Å². The van der Waals surface area contributed by atoms with E-state index >= 15 is 0 Å². The summed E-state index contributed by atoms with van der Waals surface area (Å²) in [4.78, 5) is 4.30. The molecule has 0 radical (unpaired) electrons. The molecule has 2 heteroatoms. The standard InChI is InChI=1S/C12H21NO/c1-9(2)8-12(14)13-11-6-4-10(3)5-7-11/h4,6,9-10,12,14H,5,7-8H2,1-3H3. The minimum absolute atomic E-state index is 0.501. The summed E-state index contributed by atoms with van der Waals surface area (Å²) < 4.78 is 0. The Labute approximate surface area is 86.7 Å². The van der Waals surface area contributed by atoms with Crippen LogP contribution in [-0.4, -0.2) is 17.0 Å². The van der Waals surface area contributed by atoms with Crippen molar-refractivity contribution in [1.82, 2.24) is 0 Å². The number of aliphatic hydroxyl groups is 1. The number of aliphatic imine (C=N–C) groups is 1. The normalized spacial score (nSPS) is 27.2. The van der Waals surface area contributed by atoms with Crippen LogP contribution < -0.4 is 0 Å². The van der Waals surface area contributed by atoms with Gasteiger partial charge in [0.05, 0.1) is 0 Å². The van der Waals surface area contributed by atoms with Gasteiger partial charge in [0.25, 0.3) is 0 Å². The van der Waals surface area contributed by atoms with E-state index in [1.165, 1.54) is 0 Å². The lowest BCUT2D eigenvalue weighted by Crippen LogP contribution is -2.12. The fourth-order valence-electron chi connectivity index (χ4n) is 1.60. The van der Waals surface area contributed by atoms with Gasteiger partial charge in [-0.3, -0.25) is 4.99 Å². The zero-order chi connectivity index (χ0) is 10.6. The molecule has 2 unspecified atom stereocenters. The first-order valence-corrected chi connectivity index (χ1v) is 5.51. The quantitative estimate of drug-likeness (QED) is 0.738. The summed E-state index contributed by atoms with van der Waals surface area (Å²) >= 11 is 0. The van der Waals surface area contributed by atoms with Crippen LogP contribution in [0.4, 0.5) is 0 Å². The van der Waals surface area contributed by atoms with Gasteiger partial charge in [0.1, 0.15) is 6.23 Å². The molecular formula is C12H21NO. The Hall–Kier alpha value is -0.630. The van der Waals surface area contributed by atoms with Crippen LogP contribution in [-0.2, 0) is 0 Å². The first kappa shape index (κ1) is 11.4. The highest BCUT2D eigenvalue weighted by atomic mass is 16.3. The summed E-state index contributed by atoms with van der Waals surface area (Å²) in [5, 5.41) is 9.62. The summed E-state index contributed by atoms with van der Waals surface area (Å²) in [6, 6.07) is 0. The molecule has 0 spiro atoms. The van der Waals surface area contributed by atoms with Crippen LogP contribution in [0.5, 0.6) is 0 Å². The summed E-state index contributed by atoms with van der Waals surface area (Å²) in [5.41, 5.74) is 1.05. The lowest BCUT2D eigenvalue weighted by Gasteiger charge is -2.15. The lowest BCUT2D eigenvalue weighted by molar-refractivity contribution is 0.158. The minimum atomic E-state index is -0.511. The SMILES string of the molecule is CC(C)CC(O)N=C1C=CC(C)CC1. The number of aliphatic hydroxyl groups excluding tert-OH is 1. The van der Waals surface area contributed by atoms with Gasteiger partial charge in [0, 0.05) is 5.71 Å². The second-order valence-corrected chi connectivity index (χ2v) is 4.61. The van der Waals surface area contributed by atoms with Crippen molar-refractivity contribution >= 4 is 5.71 Å². The van der Waals surface area contributed by atoms with Crippen LogP contribution >= 0.6 is 0 Å². The smallest absolute Gasteiger partial charge is 0.145 e. The number of rotatable bonds is 3. The molecule has 0 amide bonds. The van der Waals surface area contributed by atoms with E-state index in [9.17, 15) is 5.11 Å². The topological polar surface area (TPSA) is 32.6 Å². The van der Waals surface area contributed by atoms with Gasteiger partial charge in [-0.15, -0.1) is 0 Å². The molecule has 14 heavy (non-hydrogen) atoms. The van der Waals surface area contributed by atoms with Crippen molar-refractivity contribution in [3.8, 4) is 0 Å². The first-order chi connectivity index (χ1) is 6.58. The summed E-state index contributed by atoms with van der Waals surface area (Å²) in [6.07, 6.45) is 6.63. The van der Waals surface area contributed by atoms with Crippen molar-refractivity contribution in [2.75, 3.05) is 0 Å². The largest absolute Gasteiger partial charge is 0.372 e. The highest BCUT2D eigenvalue weighted by molar-refractivity contribution is 5.95. The Kier molecular flexibility index (Phi) is 4.33. The van der Waals surface area contributed by atoms with E-state index in [2.05, 4.69) is 37.9 Å². The average molecular weight is 195 g/mol. The predicted octanol–water partition coefficient (Wildman–Crippen LogP) is 2.78. The molecule has 2 nitrogen and oxygen atoms in total. The van der Waals surface area contributed by atoms with Crippen LogP contribution in [0.3, 0.4) is 0 Å². The molecule has 1 N–H and O–H groups in total. The van der Waals surface area contributed by atoms with Gasteiger partial charge in [-0.05, 0) is 37.2 Å². The molecule has 0 aromatic carbocycles. The molecule has 0 aliphatic heterocycles. The van der Waals surface area contributed by atoms with E-state index in [4.69, 9.17) is 0 Å². The third kappa shape index (κ3) is 4.05. The maximum Gasteiger partial charge on any atom is 0.145 e. The molecular weight excluding hydrogens is 174 g/mol. The van der Waals surface area contributed by atoms with Crippen LogP contribution in [0.2, 0.25) is 0 Å². The summed E-state index contributed by atoms with van der Waals surface area (Å²) in [6.45, 7) is 6.40. The maximum absolute atomic E-state index is 9.62. The molecule has 2 atom stereocenters. The monoisotopic (exact) mass is 195 g/mol. The first-order valence-electron chi connectivity index (χ1n) is 5.51. The molecule has 0 aromatic rings. The highest BCUT2D eigenvalue weighted by Crippen LogP contribution is 2.16. The van der Waals surface area contributed by atoms with E-state index in [0.29, 0.717) is 11.8 Å². The van der Waals surface area contributed by atoms with Crippen molar-refractivity contribution in [3.05, 3.63) is 12.2 Å². The van der Waals surface area contributed by atoms with E-state index in [0.717, 1.165) is 25.0 Å². The second kappa shape index (κ2) is 5.30. The zero-order valence-corrected chi connectivity index (χ0v) is 9.40. The van der Waals surface area contributed by atoms with E-state index in [1.54, 1.807) is 0 Å². The predicted molar refractivity (Wildman–Crippen MR) is 60.4 cm³/mol. The van der Waals surface area contributed by atoms with E-state index in [1.807, 2.05) is 0 Å². The molecule has 1 aliphatic rings. The van der Waals surface area contributed by atoms with Crippen molar-refractivity contribution in [3.63, 3.8) is 0 Å². The number of hydrogen-bond acceptors (Lipinski definition) is 2. The average Bonchev–Trinajstić information content (AvgIpc) is 2.07. The van der Waals surface area contributed by atoms with Gasteiger partial charge in [0.2, 0.25) is 0 Å². The Morgan fingerprint density at radius 1 is 1.57 bits per heavy atom. The van der Waals surface area contributed by atoms with Crippen molar-refractivity contribution < 1.29 is 5.11 Å². The molecule has 0 fully saturated rings. The Morgan fingerprint density at radius 2 is 2.29 bits per heavy atom. The molecule has 1 aliphatic carbocycles. The van der Waals surface area contributed by atoms with Crippen LogP contribution in [0.25, 0.3) is 0 Å². The van der Waals surface area contributed by atoms with E-state index < -0.39 is 6.23 Å². The Balaban J connectivity index is 2.47. The number of hydrogen-bond donors (Lipinski definition) is 1. The molecule has 1 rings (SSSR count). The fourth-order valence-corrected chi connectivity index (χ4v) is 1.60. The second-order valence-electron chi connectivity index (χ2n) is 4.61. The molecule has 0 bridgehead atoms. The van der Waals surface area contributed by atoms with Gasteiger partial charge < -0.3 is 5.11 Å². The summed E-state index contributed by atoms with van der Waals surface area (Å²) in [7, 11) is 0. The number of allylic oxidation sites excluding steroid dienone is 2. The van der Waals surface area contributed by atoms with Gasteiger partial charge in [-0.2, -0.15) is 0 Å². The lowest BCUT2D eigenvalue weighted by atomic mass is 9.96. The van der Waals surface area contributed by atoms with Gasteiger partial charge in [-0.25, -0.2) is 0 Å². The molecule has 0 saturated carbocycles. The van der Waals surface area contributed by atoms with Crippen LogP contribution in [0, 0.1) is 11.8 Å². The van der Waals surface area contributed by atoms with Crippen LogP contribution in [0.15, 0.2) is 17.1 Å². The molecule has 80 valence electrons. The van der Waals surface area contributed by atoms with Gasteiger partial charge >= 0.3 is 0 Å². The van der Waals surface area contributed by atoms with Crippen molar-refractivity contribution in [2.45, 2.75) is 46.3 Å². The molecule has 0 aromatic heterocycles. The van der Waals surface area contributed by atoms with Gasteiger partial charge in [-0.1, -0.05) is 26.8 Å². The fraction of sp³-hybridized carbons (Fsp3) is 0.750. The number of nitrogens with zero attached hydrogens (tertiary/aromatic N) is 1. The molecule has 0 heterocycles. The zero-order valence-electron chi connectivity index (χ0n) is 9.40. The van der Waals surface area contributed by atoms with Crippen LogP contribution in [0.1, 0.15) is 40.0 Å². The summed E-state index contributed by atoms with van der Waals surface area (Å²) in [5.74, 6) is 1.16. The van der Waals surface area contributed by atoms with Crippen molar-refractivity contribution in [1.29, 1.82) is 0 Å². The highest BCUT2D eigenvalue weighted by Gasteiger charge is 2.10. The Bertz CT molecular complexity index is 230.